The van der Waals surface area contributed by atoms with Gasteiger partial charge in [-0.15, -0.1) is 0 Å². The first-order chi connectivity index (χ1) is 38.6. The fourth-order valence-electron chi connectivity index (χ4n) is 11.2. The minimum atomic E-state index is 1.32. The molecule has 0 N–H and O–H groups in total. The van der Waals surface area contributed by atoms with Gasteiger partial charge in [0.2, 0.25) is 0 Å². The largest absolute Gasteiger partial charge is 0.0616 e. The second-order valence-electron chi connectivity index (χ2n) is 22.0. The van der Waals surface area contributed by atoms with Gasteiger partial charge >= 0.3 is 0 Å². The molecule has 0 radical (unpaired) electrons. The Morgan fingerprint density at radius 3 is 0.887 bits per heavy atom. The summed E-state index contributed by atoms with van der Waals surface area (Å²) in [7, 11) is 0. The fourth-order valence-corrected chi connectivity index (χ4v) is 11.2. The molecule has 80 heavy (non-hydrogen) atoms. The summed E-state index contributed by atoms with van der Waals surface area (Å²) in [6, 6.07) is 86.9. The zero-order valence-corrected chi connectivity index (χ0v) is 49.1. The van der Waals surface area contributed by atoms with Gasteiger partial charge in [-0.1, -0.05) is 264 Å². The summed E-state index contributed by atoms with van der Waals surface area (Å²) < 4.78 is 0. The maximum atomic E-state index is 2.28. The third kappa shape index (κ3) is 13.2. The molecule has 0 atom stereocenters. The van der Waals surface area contributed by atoms with E-state index < -0.39 is 0 Å². The molecule has 14 aromatic rings. The van der Waals surface area contributed by atoms with Crippen LogP contribution in [0.3, 0.4) is 0 Å². The van der Waals surface area contributed by atoms with Gasteiger partial charge in [-0.05, 0) is 214 Å². The Hall–Kier alpha value is -8.84. The summed E-state index contributed by atoms with van der Waals surface area (Å²) in [5, 5.41) is 21.6. The van der Waals surface area contributed by atoms with E-state index in [4.69, 9.17) is 0 Å². The summed E-state index contributed by atoms with van der Waals surface area (Å²) in [4.78, 5) is 0. The summed E-state index contributed by atoms with van der Waals surface area (Å²) in [6.45, 7) is 25.9. The van der Waals surface area contributed by atoms with Gasteiger partial charge in [0, 0.05) is 0 Å². The Labute approximate surface area is 476 Å². The lowest BCUT2D eigenvalue weighted by Gasteiger charge is -2.11. The van der Waals surface area contributed by atoms with Crippen molar-refractivity contribution in [2.24, 2.45) is 0 Å². The number of hydrogen-bond donors (Lipinski definition) is 0. The summed E-state index contributed by atoms with van der Waals surface area (Å²) >= 11 is 0. The molecular weight excluding hydrogens is 961 g/mol. The van der Waals surface area contributed by atoms with Crippen molar-refractivity contribution in [3.63, 3.8) is 0 Å². The third-order valence-corrected chi connectivity index (χ3v) is 15.7. The average molecular weight is 1040 g/mol. The monoisotopic (exact) mass is 1040 g/mol. The number of benzene rings is 14. The predicted octanol–water partition coefficient (Wildman–Crippen LogP) is 23.0. The molecule has 0 saturated carbocycles. The third-order valence-electron chi connectivity index (χ3n) is 15.7. The second kappa shape index (κ2) is 25.3. The molecule has 14 rings (SSSR count). The lowest BCUT2D eigenvalue weighted by molar-refractivity contribution is 1.37. The number of hydrogen-bond acceptors (Lipinski definition) is 0. The van der Waals surface area contributed by atoms with E-state index in [1.54, 1.807) is 0 Å². The smallest absolute Gasteiger partial charge is 0.0125 e. The van der Waals surface area contributed by atoms with Gasteiger partial charge in [0.05, 0.1) is 0 Å². The lowest BCUT2D eigenvalue weighted by atomic mass is 9.93. The highest BCUT2D eigenvalue weighted by atomic mass is 14.1. The van der Waals surface area contributed by atoms with Crippen molar-refractivity contribution >= 4 is 86.2 Å². The molecule has 0 bridgehead atoms. The molecule has 0 heterocycles. The molecule has 0 saturated heterocycles. The highest BCUT2D eigenvalue weighted by molar-refractivity contribution is 6.05. The Balaban J connectivity index is 0.000000117. The molecule has 0 aliphatic rings. The maximum absolute atomic E-state index is 2.28. The van der Waals surface area contributed by atoms with Crippen molar-refractivity contribution in [1.29, 1.82) is 0 Å². The molecule has 0 fully saturated rings. The van der Waals surface area contributed by atoms with E-state index >= 15 is 0 Å². The first-order valence-electron chi connectivity index (χ1n) is 28.2. The van der Waals surface area contributed by atoms with E-state index in [0.717, 1.165) is 0 Å². The van der Waals surface area contributed by atoms with Gasteiger partial charge in [0.25, 0.3) is 0 Å². The number of rotatable bonds is 0. The van der Waals surface area contributed by atoms with Crippen LogP contribution in [0.1, 0.15) is 66.8 Å². The number of fused-ring (bicyclic) bond motifs is 8. The van der Waals surface area contributed by atoms with Gasteiger partial charge in [0.1, 0.15) is 0 Å². The van der Waals surface area contributed by atoms with Crippen molar-refractivity contribution < 1.29 is 0 Å². The van der Waals surface area contributed by atoms with E-state index in [-0.39, 0.29) is 0 Å². The SMILES string of the molecule is Cc1c2ccccc2c(C)c2ccccc12.Cc1cc2ccccc2cc1C.Cc1ccc2c(C)c3ccccc3cc2c1.Cc1ccc2cc(C)ccc2c1.Cc1ccc2ccc(C)cc2c1.Cc1cccc2cccc(C)c12. The average Bonchev–Trinajstić information content (AvgIpc) is 3.46. The molecule has 396 valence electrons. The molecule has 14 aromatic carbocycles. The Morgan fingerprint density at radius 1 is 0.163 bits per heavy atom. The molecule has 0 spiro atoms. The molecule has 0 aliphatic heterocycles. The van der Waals surface area contributed by atoms with E-state index in [0.29, 0.717) is 0 Å². The first kappa shape index (κ1) is 55.9. The molecule has 0 aliphatic carbocycles. The Bertz CT molecular complexity index is 4220. The highest BCUT2D eigenvalue weighted by Crippen LogP contribution is 2.32. The summed E-state index contributed by atoms with van der Waals surface area (Å²) in [6.07, 6.45) is 0. The minimum absolute atomic E-state index is 1.32. The van der Waals surface area contributed by atoms with Crippen LogP contribution < -0.4 is 0 Å². The molecule has 0 nitrogen and oxygen atoms in total. The van der Waals surface area contributed by atoms with E-state index in [1.165, 1.54) is 153 Å². The number of aryl methyl sites for hydroxylation is 12. The molecule has 0 heteroatoms. The van der Waals surface area contributed by atoms with Crippen LogP contribution in [0.4, 0.5) is 0 Å². The van der Waals surface area contributed by atoms with E-state index in [2.05, 4.69) is 326 Å². The maximum Gasteiger partial charge on any atom is -0.0125 e. The van der Waals surface area contributed by atoms with Gasteiger partial charge < -0.3 is 0 Å². The van der Waals surface area contributed by atoms with Crippen LogP contribution in [-0.2, 0) is 0 Å². The Kier molecular flexibility index (Phi) is 17.7. The first-order valence-corrected chi connectivity index (χ1v) is 28.2. The minimum Gasteiger partial charge on any atom is -0.0616 e. The van der Waals surface area contributed by atoms with Gasteiger partial charge in [-0.25, -0.2) is 0 Å². The van der Waals surface area contributed by atoms with Crippen molar-refractivity contribution in [3.05, 3.63) is 309 Å². The molecule has 0 unspecified atom stereocenters. The van der Waals surface area contributed by atoms with Crippen LogP contribution in [0.2, 0.25) is 0 Å². The van der Waals surface area contributed by atoms with Crippen LogP contribution in [0.5, 0.6) is 0 Å². The second-order valence-corrected chi connectivity index (χ2v) is 22.0. The van der Waals surface area contributed by atoms with Crippen molar-refractivity contribution in [3.8, 4) is 0 Å². The van der Waals surface area contributed by atoms with Gasteiger partial charge in [-0.2, -0.15) is 0 Å². The molecular formula is C80H76. The van der Waals surface area contributed by atoms with Crippen molar-refractivity contribution in [1.82, 2.24) is 0 Å². The van der Waals surface area contributed by atoms with Gasteiger partial charge in [-0.3, -0.25) is 0 Å². The van der Waals surface area contributed by atoms with Crippen LogP contribution in [0.15, 0.2) is 243 Å². The molecule has 0 amide bonds. The standard InChI is InChI=1S/2C16H14.4C12H12/c1-11-13-7-3-5-9-15(13)12(2)16-10-6-4-8-14(11)16;1-11-7-8-16-12(2)15-6-4-3-5-13(15)10-14(16)9-11;1-9-3-5-12-8-10(2)4-6-11(12)7-9;1-9-3-5-11-6-4-10(2)8-12(11)7-9;1-9-5-3-7-11-8-4-6-10(2)12(9)11;1-9-7-11-5-3-4-6-12(11)8-10(9)2/h2*3-10H,1-2H3;4*3-8H,1-2H3. The van der Waals surface area contributed by atoms with Gasteiger partial charge in [0.15, 0.2) is 0 Å². The Morgan fingerprint density at radius 2 is 0.463 bits per heavy atom. The highest BCUT2D eigenvalue weighted by Gasteiger charge is 2.08. The van der Waals surface area contributed by atoms with Crippen LogP contribution in [0.25, 0.3) is 86.2 Å². The van der Waals surface area contributed by atoms with Crippen LogP contribution in [-0.4, -0.2) is 0 Å². The van der Waals surface area contributed by atoms with Crippen LogP contribution in [0, 0.1) is 83.1 Å². The van der Waals surface area contributed by atoms with E-state index in [9.17, 15) is 0 Å². The predicted molar refractivity (Wildman–Crippen MR) is 356 cm³/mol. The topological polar surface area (TPSA) is 0 Å². The zero-order valence-electron chi connectivity index (χ0n) is 49.1. The van der Waals surface area contributed by atoms with E-state index in [1.807, 2.05) is 0 Å². The normalized spacial score (nSPS) is 10.8. The summed E-state index contributed by atoms with van der Waals surface area (Å²) in [5.74, 6) is 0. The fraction of sp³-hybridized carbons (Fsp3) is 0.150. The van der Waals surface area contributed by atoms with Crippen LogP contribution >= 0.6 is 0 Å². The van der Waals surface area contributed by atoms with Crippen molar-refractivity contribution in [2.75, 3.05) is 0 Å². The summed E-state index contributed by atoms with van der Waals surface area (Å²) in [5.41, 5.74) is 16.3. The lowest BCUT2D eigenvalue weighted by Crippen LogP contribution is -1.87. The zero-order chi connectivity index (χ0) is 56.5. The quantitative estimate of drug-likeness (QED) is 0.133. The van der Waals surface area contributed by atoms with Crippen molar-refractivity contribution in [2.45, 2.75) is 83.1 Å². The molecule has 0 aromatic heterocycles.